The molecule has 0 aliphatic heterocycles. The highest BCUT2D eigenvalue weighted by molar-refractivity contribution is 7.99. The number of nitrogens with zero attached hydrogens (tertiary/aromatic N) is 4. The van der Waals surface area contributed by atoms with E-state index >= 15 is 0 Å². The zero-order valence-electron chi connectivity index (χ0n) is 10.5. The van der Waals surface area contributed by atoms with Crippen LogP contribution in [0.1, 0.15) is 0 Å². The second-order valence-electron chi connectivity index (χ2n) is 3.73. The van der Waals surface area contributed by atoms with Gasteiger partial charge < -0.3 is 5.32 Å². The molecule has 0 atom stereocenters. The van der Waals surface area contributed by atoms with Crippen molar-refractivity contribution in [2.75, 3.05) is 12.3 Å². The molecule has 2 rings (SSSR count). The second kappa shape index (κ2) is 7.06. The SMILES string of the molecule is C=CCNC(=O)CSc1nnnn1-c1cccc(Cl)c1. The van der Waals surface area contributed by atoms with Crippen molar-refractivity contribution >= 4 is 29.3 Å². The predicted octanol–water partition coefficient (Wildman–Crippen LogP) is 1.71. The third-order valence-electron chi connectivity index (χ3n) is 2.27. The minimum absolute atomic E-state index is 0.101. The van der Waals surface area contributed by atoms with Gasteiger partial charge in [-0.2, -0.15) is 4.68 Å². The molecule has 0 fully saturated rings. The summed E-state index contributed by atoms with van der Waals surface area (Å²) < 4.78 is 1.54. The van der Waals surface area contributed by atoms with Crippen molar-refractivity contribution in [1.29, 1.82) is 0 Å². The van der Waals surface area contributed by atoms with E-state index in [1.165, 1.54) is 16.4 Å². The van der Waals surface area contributed by atoms with Gasteiger partial charge in [-0.15, -0.1) is 11.7 Å². The van der Waals surface area contributed by atoms with Crippen molar-refractivity contribution in [2.45, 2.75) is 5.16 Å². The van der Waals surface area contributed by atoms with E-state index < -0.39 is 0 Å². The molecule has 0 saturated carbocycles. The number of hydrogen-bond donors (Lipinski definition) is 1. The van der Waals surface area contributed by atoms with Gasteiger partial charge in [0.05, 0.1) is 11.4 Å². The smallest absolute Gasteiger partial charge is 0.230 e. The molecule has 0 radical (unpaired) electrons. The first-order valence-electron chi connectivity index (χ1n) is 5.75. The number of halogens is 1. The molecule has 1 aromatic carbocycles. The van der Waals surface area contributed by atoms with Crippen LogP contribution < -0.4 is 5.32 Å². The number of rotatable bonds is 6. The number of carbonyl (C=O) groups is 1. The van der Waals surface area contributed by atoms with Crippen LogP contribution in [0.25, 0.3) is 5.69 Å². The highest BCUT2D eigenvalue weighted by Crippen LogP contribution is 2.20. The Morgan fingerprint density at radius 3 is 3.15 bits per heavy atom. The number of amides is 1. The van der Waals surface area contributed by atoms with Crippen LogP contribution in [0.2, 0.25) is 5.02 Å². The van der Waals surface area contributed by atoms with Crippen molar-refractivity contribution in [2.24, 2.45) is 0 Å². The zero-order valence-corrected chi connectivity index (χ0v) is 12.1. The standard InChI is InChI=1S/C12H12ClN5OS/c1-2-6-14-11(19)8-20-12-15-16-17-18(12)10-5-3-4-9(13)7-10/h2-5,7H,1,6,8H2,(H,14,19). The summed E-state index contributed by atoms with van der Waals surface area (Å²) in [5.41, 5.74) is 0.747. The molecule has 1 N–H and O–H groups in total. The molecule has 1 aromatic heterocycles. The highest BCUT2D eigenvalue weighted by Gasteiger charge is 2.11. The Labute approximate surface area is 125 Å². The fourth-order valence-electron chi connectivity index (χ4n) is 1.41. The summed E-state index contributed by atoms with van der Waals surface area (Å²) in [5.74, 6) is 0.130. The molecule has 20 heavy (non-hydrogen) atoms. The Balaban J connectivity index is 2.05. The lowest BCUT2D eigenvalue weighted by molar-refractivity contribution is -0.118. The minimum atomic E-state index is -0.101. The molecule has 2 aromatic rings. The molecule has 1 heterocycles. The van der Waals surface area contributed by atoms with Crippen molar-refractivity contribution in [3.63, 3.8) is 0 Å². The van der Waals surface area contributed by atoms with Gasteiger partial charge >= 0.3 is 0 Å². The van der Waals surface area contributed by atoms with E-state index in [9.17, 15) is 4.79 Å². The van der Waals surface area contributed by atoms with Crippen LogP contribution in [0.15, 0.2) is 42.1 Å². The topological polar surface area (TPSA) is 72.7 Å². The number of thioether (sulfide) groups is 1. The predicted molar refractivity (Wildman–Crippen MR) is 78.1 cm³/mol. The summed E-state index contributed by atoms with van der Waals surface area (Å²) in [7, 11) is 0. The fourth-order valence-corrected chi connectivity index (χ4v) is 2.31. The summed E-state index contributed by atoms with van der Waals surface area (Å²) in [6, 6.07) is 7.17. The molecule has 0 aliphatic carbocycles. The molecule has 0 aliphatic rings. The van der Waals surface area contributed by atoms with E-state index in [4.69, 9.17) is 11.6 Å². The van der Waals surface area contributed by atoms with Crippen molar-refractivity contribution < 1.29 is 4.79 Å². The Hall–Kier alpha value is -1.86. The van der Waals surface area contributed by atoms with Gasteiger partial charge in [-0.1, -0.05) is 35.5 Å². The average Bonchev–Trinajstić information content (AvgIpc) is 2.91. The fraction of sp³-hybridized carbons (Fsp3) is 0.167. The third kappa shape index (κ3) is 3.82. The molecular weight excluding hydrogens is 298 g/mol. The van der Waals surface area contributed by atoms with Gasteiger partial charge in [0.1, 0.15) is 0 Å². The number of nitrogens with one attached hydrogen (secondary N) is 1. The Kier molecular flexibility index (Phi) is 5.14. The lowest BCUT2D eigenvalue weighted by Gasteiger charge is -2.04. The number of hydrogen-bond acceptors (Lipinski definition) is 5. The van der Waals surface area contributed by atoms with E-state index in [0.29, 0.717) is 16.7 Å². The van der Waals surface area contributed by atoms with Gasteiger partial charge in [0.2, 0.25) is 11.1 Å². The van der Waals surface area contributed by atoms with E-state index in [1.807, 2.05) is 12.1 Å². The van der Waals surface area contributed by atoms with Crippen LogP contribution in [0, 0.1) is 0 Å². The maximum absolute atomic E-state index is 11.5. The van der Waals surface area contributed by atoms with Gasteiger partial charge in [-0.25, -0.2) is 0 Å². The maximum Gasteiger partial charge on any atom is 0.230 e. The van der Waals surface area contributed by atoms with Crippen molar-refractivity contribution in [1.82, 2.24) is 25.5 Å². The first-order valence-corrected chi connectivity index (χ1v) is 7.12. The number of tetrazole rings is 1. The molecule has 0 spiro atoms. The summed E-state index contributed by atoms with van der Waals surface area (Å²) >= 11 is 7.19. The molecule has 6 nitrogen and oxygen atoms in total. The Bertz CT molecular complexity index is 615. The highest BCUT2D eigenvalue weighted by atomic mass is 35.5. The van der Waals surface area contributed by atoms with Crippen LogP contribution in [-0.2, 0) is 4.79 Å². The molecule has 8 heteroatoms. The molecule has 1 amide bonds. The quantitative estimate of drug-likeness (QED) is 0.649. The summed E-state index contributed by atoms with van der Waals surface area (Å²) in [6.07, 6.45) is 1.62. The van der Waals surface area contributed by atoms with E-state index in [2.05, 4.69) is 27.4 Å². The number of carbonyl (C=O) groups excluding carboxylic acids is 1. The van der Waals surface area contributed by atoms with Crippen LogP contribution in [-0.4, -0.2) is 38.4 Å². The number of benzene rings is 1. The lowest BCUT2D eigenvalue weighted by Crippen LogP contribution is -2.25. The number of aromatic nitrogens is 4. The third-order valence-corrected chi connectivity index (χ3v) is 3.42. The molecular formula is C12H12ClN5OS. The first-order chi connectivity index (χ1) is 9.70. The van der Waals surface area contributed by atoms with E-state index in [0.717, 1.165) is 5.69 Å². The van der Waals surface area contributed by atoms with Gasteiger partial charge in [-0.05, 0) is 28.6 Å². The summed E-state index contributed by atoms with van der Waals surface area (Å²) in [5, 5.41) is 15.2. The molecule has 104 valence electrons. The van der Waals surface area contributed by atoms with E-state index in [1.54, 1.807) is 18.2 Å². The van der Waals surface area contributed by atoms with Crippen LogP contribution in [0.4, 0.5) is 0 Å². The summed E-state index contributed by atoms with van der Waals surface area (Å²) in [6.45, 7) is 3.98. The second-order valence-corrected chi connectivity index (χ2v) is 5.11. The largest absolute Gasteiger partial charge is 0.352 e. The van der Waals surface area contributed by atoms with Crippen LogP contribution in [0.5, 0.6) is 0 Å². The van der Waals surface area contributed by atoms with Gasteiger partial charge in [-0.3, -0.25) is 4.79 Å². The Morgan fingerprint density at radius 1 is 1.55 bits per heavy atom. The zero-order chi connectivity index (χ0) is 14.4. The van der Waals surface area contributed by atoms with Crippen LogP contribution >= 0.6 is 23.4 Å². The Morgan fingerprint density at radius 2 is 2.40 bits per heavy atom. The van der Waals surface area contributed by atoms with Gasteiger partial charge in [0.15, 0.2) is 0 Å². The average molecular weight is 310 g/mol. The van der Waals surface area contributed by atoms with Crippen molar-refractivity contribution in [3.8, 4) is 5.69 Å². The molecule has 0 bridgehead atoms. The minimum Gasteiger partial charge on any atom is -0.352 e. The first kappa shape index (κ1) is 14.5. The molecule has 0 saturated heterocycles. The lowest BCUT2D eigenvalue weighted by atomic mass is 10.3. The van der Waals surface area contributed by atoms with Crippen LogP contribution in [0.3, 0.4) is 0 Å². The summed E-state index contributed by atoms with van der Waals surface area (Å²) in [4.78, 5) is 11.5. The van der Waals surface area contributed by atoms with E-state index in [-0.39, 0.29) is 11.7 Å². The normalized spacial score (nSPS) is 10.2. The monoisotopic (exact) mass is 309 g/mol. The molecule has 0 unspecified atom stereocenters. The maximum atomic E-state index is 11.5. The van der Waals surface area contributed by atoms with Gasteiger partial charge in [0.25, 0.3) is 0 Å². The van der Waals surface area contributed by atoms with Gasteiger partial charge in [0, 0.05) is 11.6 Å². The van der Waals surface area contributed by atoms with Crippen molar-refractivity contribution in [3.05, 3.63) is 41.9 Å².